The van der Waals surface area contributed by atoms with E-state index in [1.165, 1.54) is 0 Å². The van der Waals surface area contributed by atoms with E-state index in [2.05, 4.69) is 26.2 Å². The summed E-state index contributed by atoms with van der Waals surface area (Å²) in [6, 6.07) is 7.86. The van der Waals surface area contributed by atoms with Crippen LogP contribution < -0.4 is 5.32 Å². The first-order chi connectivity index (χ1) is 7.31. The molecule has 2 aromatic rings. The van der Waals surface area contributed by atoms with Gasteiger partial charge < -0.3 is 9.73 Å². The summed E-state index contributed by atoms with van der Waals surface area (Å²) in [7, 11) is 1.88. The minimum absolute atomic E-state index is 0.646. The first kappa shape index (κ1) is 10.4. The van der Waals surface area contributed by atoms with Gasteiger partial charge in [-0.1, -0.05) is 12.1 Å². The monoisotopic (exact) mass is 266 g/mol. The smallest absolute Gasteiger partial charge is 0.227 e. The van der Waals surface area contributed by atoms with Gasteiger partial charge >= 0.3 is 0 Å². The highest BCUT2D eigenvalue weighted by molar-refractivity contribution is 9.10. The molecule has 1 aromatic carbocycles. The number of nitrogens with one attached hydrogen (secondary N) is 1. The quantitative estimate of drug-likeness (QED) is 0.929. The maximum atomic E-state index is 5.40. The molecule has 0 spiro atoms. The highest BCUT2D eigenvalue weighted by Gasteiger charge is 2.08. The summed E-state index contributed by atoms with van der Waals surface area (Å²) in [6.07, 6.45) is 1.67. The molecular formula is C11H11BrN2O. The maximum absolute atomic E-state index is 5.40. The van der Waals surface area contributed by atoms with Crippen LogP contribution in [0.3, 0.4) is 0 Å². The van der Waals surface area contributed by atoms with Crippen LogP contribution in [0.4, 0.5) is 0 Å². The summed E-state index contributed by atoms with van der Waals surface area (Å²) in [4.78, 5) is 4.37. The van der Waals surface area contributed by atoms with E-state index in [1.807, 2.05) is 31.3 Å². The van der Waals surface area contributed by atoms with Crippen molar-refractivity contribution in [2.45, 2.75) is 6.54 Å². The van der Waals surface area contributed by atoms with Crippen LogP contribution in [0, 0.1) is 0 Å². The fraction of sp³-hybridized carbons (Fsp3) is 0.182. The molecule has 0 aliphatic heterocycles. The molecule has 0 saturated carbocycles. The zero-order valence-electron chi connectivity index (χ0n) is 8.33. The molecule has 0 bridgehead atoms. The Morgan fingerprint density at radius 1 is 1.40 bits per heavy atom. The van der Waals surface area contributed by atoms with Gasteiger partial charge in [-0.15, -0.1) is 0 Å². The number of hydrogen-bond acceptors (Lipinski definition) is 3. The van der Waals surface area contributed by atoms with Gasteiger partial charge in [-0.2, -0.15) is 0 Å². The normalized spacial score (nSPS) is 10.5. The second kappa shape index (κ2) is 4.59. The van der Waals surface area contributed by atoms with Crippen molar-refractivity contribution in [3.8, 4) is 11.5 Å². The van der Waals surface area contributed by atoms with Crippen LogP contribution in [0.2, 0.25) is 0 Å². The molecule has 1 aromatic heterocycles. The largest absolute Gasteiger partial charge is 0.444 e. The topological polar surface area (TPSA) is 38.1 Å². The average molecular weight is 267 g/mol. The van der Waals surface area contributed by atoms with Crippen LogP contribution in [0.15, 0.2) is 39.4 Å². The fourth-order valence-corrected chi connectivity index (χ4v) is 1.78. The molecule has 0 aliphatic rings. The third kappa shape index (κ3) is 2.27. The van der Waals surface area contributed by atoms with Crippen molar-refractivity contribution >= 4 is 15.9 Å². The molecule has 0 saturated heterocycles. The molecule has 0 unspecified atom stereocenters. The lowest BCUT2D eigenvalue weighted by molar-refractivity contribution is 0.571. The molecule has 0 fully saturated rings. The van der Waals surface area contributed by atoms with E-state index >= 15 is 0 Å². The first-order valence-corrected chi connectivity index (χ1v) is 5.44. The predicted octanol–water partition coefficient (Wildman–Crippen LogP) is 2.82. The van der Waals surface area contributed by atoms with Crippen molar-refractivity contribution < 1.29 is 4.42 Å². The number of oxazole rings is 1. The molecule has 3 nitrogen and oxygen atoms in total. The van der Waals surface area contributed by atoms with Crippen LogP contribution in [0.5, 0.6) is 0 Å². The molecule has 0 atom stereocenters. The van der Waals surface area contributed by atoms with Crippen molar-refractivity contribution in [2.75, 3.05) is 7.05 Å². The summed E-state index contributed by atoms with van der Waals surface area (Å²) in [5, 5.41) is 3.03. The van der Waals surface area contributed by atoms with Crippen LogP contribution in [-0.2, 0) is 6.54 Å². The van der Waals surface area contributed by atoms with Crippen molar-refractivity contribution in [1.29, 1.82) is 0 Å². The zero-order chi connectivity index (χ0) is 10.7. The second-order valence-corrected chi connectivity index (χ2v) is 4.01. The molecule has 0 amide bonds. The van der Waals surface area contributed by atoms with Gasteiger partial charge in [-0.3, -0.25) is 0 Å². The molecule has 1 N–H and O–H groups in total. The summed E-state index contributed by atoms with van der Waals surface area (Å²) in [5.41, 5.74) is 1.88. The molecule has 0 aliphatic carbocycles. The number of benzene rings is 1. The Balaban J connectivity index is 2.33. The van der Waals surface area contributed by atoms with E-state index < -0.39 is 0 Å². The summed E-state index contributed by atoms with van der Waals surface area (Å²) < 4.78 is 6.39. The zero-order valence-corrected chi connectivity index (χ0v) is 9.91. The number of rotatable bonds is 3. The molecule has 15 heavy (non-hydrogen) atoms. The van der Waals surface area contributed by atoms with E-state index in [-0.39, 0.29) is 0 Å². The third-order valence-corrected chi connectivity index (χ3v) is 2.71. The summed E-state index contributed by atoms with van der Waals surface area (Å²) in [6.45, 7) is 0.716. The van der Waals surface area contributed by atoms with E-state index in [0.717, 1.165) is 15.7 Å². The van der Waals surface area contributed by atoms with Crippen molar-refractivity contribution in [3.63, 3.8) is 0 Å². The number of hydrogen-bond donors (Lipinski definition) is 1. The van der Waals surface area contributed by atoms with Crippen LogP contribution in [-0.4, -0.2) is 12.0 Å². The highest BCUT2D eigenvalue weighted by Crippen LogP contribution is 2.26. The van der Waals surface area contributed by atoms with Crippen LogP contribution in [0.1, 0.15) is 5.69 Å². The van der Waals surface area contributed by atoms with Gasteiger partial charge in [0.25, 0.3) is 0 Å². The lowest BCUT2D eigenvalue weighted by Crippen LogP contribution is -2.04. The Morgan fingerprint density at radius 3 is 2.93 bits per heavy atom. The van der Waals surface area contributed by atoms with Crippen molar-refractivity contribution in [2.24, 2.45) is 0 Å². The Labute approximate surface area is 96.6 Å². The van der Waals surface area contributed by atoms with E-state index in [4.69, 9.17) is 4.42 Å². The first-order valence-electron chi connectivity index (χ1n) is 4.65. The lowest BCUT2D eigenvalue weighted by Gasteiger charge is -1.97. The number of halogens is 1. The van der Waals surface area contributed by atoms with Gasteiger partial charge in [-0.25, -0.2) is 4.98 Å². The second-order valence-electron chi connectivity index (χ2n) is 3.15. The summed E-state index contributed by atoms with van der Waals surface area (Å²) in [5.74, 6) is 0.646. The lowest BCUT2D eigenvalue weighted by atomic mass is 10.2. The minimum atomic E-state index is 0.646. The Kier molecular flexibility index (Phi) is 3.18. The molecule has 1 heterocycles. The van der Waals surface area contributed by atoms with Crippen molar-refractivity contribution in [1.82, 2.24) is 10.3 Å². The van der Waals surface area contributed by atoms with Gasteiger partial charge in [0.05, 0.1) is 11.3 Å². The van der Waals surface area contributed by atoms with Gasteiger partial charge in [-0.05, 0) is 35.1 Å². The minimum Gasteiger partial charge on any atom is -0.444 e. The van der Waals surface area contributed by atoms with Gasteiger partial charge in [0.15, 0.2) is 0 Å². The van der Waals surface area contributed by atoms with Gasteiger partial charge in [0, 0.05) is 11.0 Å². The average Bonchev–Trinajstić information content (AvgIpc) is 2.68. The van der Waals surface area contributed by atoms with Crippen LogP contribution in [0.25, 0.3) is 11.5 Å². The van der Waals surface area contributed by atoms with Crippen molar-refractivity contribution in [3.05, 3.63) is 40.7 Å². The number of aromatic nitrogens is 1. The van der Waals surface area contributed by atoms with Crippen LogP contribution >= 0.6 is 15.9 Å². The maximum Gasteiger partial charge on any atom is 0.227 e. The Bertz CT molecular complexity index is 453. The molecule has 0 radical (unpaired) electrons. The Morgan fingerprint density at radius 2 is 2.20 bits per heavy atom. The van der Waals surface area contributed by atoms with Gasteiger partial charge in [0.1, 0.15) is 6.26 Å². The van der Waals surface area contributed by atoms with E-state index in [0.29, 0.717) is 12.4 Å². The molecule has 78 valence electrons. The fourth-order valence-electron chi connectivity index (χ4n) is 1.33. The molecule has 2 rings (SSSR count). The molecular weight excluding hydrogens is 256 g/mol. The summed E-state index contributed by atoms with van der Waals surface area (Å²) >= 11 is 3.47. The highest BCUT2D eigenvalue weighted by atomic mass is 79.9. The van der Waals surface area contributed by atoms with Gasteiger partial charge in [0.2, 0.25) is 5.89 Å². The number of nitrogens with zero attached hydrogens (tertiary/aromatic N) is 1. The standard InChI is InChI=1S/C11H11BrN2O/c1-13-6-8-7-15-11(14-8)9-4-2-3-5-10(9)12/h2-5,7,13H,6H2,1H3. The SMILES string of the molecule is CNCc1coc(-c2ccccc2Br)n1. The Hall–Kier alpha value is -1.13. The third-order valence-electron chi connectivity index (χ3n) is 2.01. The van der Waals surface area contributed by atoms with E-state index in [9.17, 15) is 0 Å². The predicted molar refractivity (Wildman–Crippen MR) is 62.4 cm³/mol. The molecule has 4 heteroatoms. The van der Waals surface area contributed by atoms with E-state index in [1.54, 1.807) is 6.26 Å².